The SMILES string of the molecule is O=C(CCNC(=O)c1ccc(-c2ccccc2)cc1)Nc1ccc2c(c1)OCO2. The Balaban J connectivity index is 1.26. The maximum atomic E-state index is 12.3. The summed E-state index contributed by atoms with van der Waals surface area (Å²) < 4.78 is 10.5. The standard InChI is InChI=1S/C23H20N2O4/c26-22(25-19-10-11-20-21(14-19)29-15-28-20)12-13-24-23(27)18-8-6-17(7-9-18)16-4-2-1-3-5-16/h1-11,14H,12-13,15H2,(H,24,27)(H,25,26). The summed E-state index contributed by atoms with van der Waals surface area (Å²) in [6, 6.07) is 22.6. The number of fused-ring (bicyclic) bond motifs is 1. The van der Waals surface area contributed by atoms with Crippen molar-refractivity contribution < 1.29 is 19.1 Å². The third-order valence-corrected chi connectivity index (χ3v) is 4.55. The molecule has 0 saturated heterocycles. The van der Waals surface area contributed by atoms with Gasteiger partial charge in [0.2, 0.25) is 12.7 Å². The molecule has 146 valence electrons. The highest BCUT2D eigenvalue weighted by Crippen LogP contribution is 2.34. The minimum absolute atomic E-state index is 0.169. The highest BCUT2D eigenvalue weighted by molar-refractivity contribution is 5.95. The summed E-state index contributed by atoms with van der Waals surface area (Å²) in [5, 5.41) is 5.56. The number of anilines is 1. The molecule has 1 aliphatic rings. The Morgan fingerprint density at radius 1 is 0.828 bits per heavy atom. The van der Waals surface area contributed by atoms with E-state index in [1.807, 2.05) is 42.5 Å². The van der Waals surface area contributed by atoms with Gasteiger partial charge in [0.25, 0.3) is 5.91 Å². The van der Waals surface area contributed by atoms with E-state index in [9.17, 15) is 9.59 Å². The third-order valence-electron chi connectivity index (χ3n) is 4.55. The van der Waals surface area contributed by atoms with Crippen LogP contribution in [-0.2, 0) is 4.79 Å². The van der Waals surface area contributed by atoms with E-state index < -0.39 is 0 Å². The minimum atomic E-state index is -0.208. The molecule has 1 heterocycles. The molecule has 4 rings (SSSR count). The summed E-state index contributed by atoms with van der Waals surface area (Å²) in [7, 11) is 0. The van der Waals surface area contributed by atoms with Crippen LogP contribution in [0.3, 0.4) is 0 Å². The smallest absolute Gasteiger partial charge is 0.251 e. The van der Waals surface area contributed by atoms with E-state index in [1.165, 1.54) is 0 Å². The summed E-state index contributed by atoms with van der Waals surface area (Å²) in [5.41, 5.74) is 3.33. The van der Waals surface area contributed by atoms with Crippen LogP contribution in [0.5, 0.6) is 11.5 Å². The second-order valence-corrected chi connectivity index (χ2v) is 6.57. The van der Waals surface area contributed by atoms with Crippen molar-refractivity contribution in [2.75, 3.05) is 18.7 Å². The van der Waals surface area contributed by atoms with E-state index in [2.05, 4.69) is 10.6 Å². The van der Waals surface area contributed by atoms with Gasteiger partial charge in [-0.2, -0.15) is 0 Å². The molecular formula is C23H20N2O4. The zero-order chi connectivity index (χ0) is 20.1. The number of hydrogen-bond donors (Lipinski definition) is 2. The van der Waals surface area contributed by atoms with Crippen molar-refractivity contribution in [3.8, 4) is 22.6 Å². The molecule has 29 heavy (non-hydrogen) atoms. The van der Waals surface area contributed by atoms with Gasteiger partial charge in [-0.05, 0) is 35.4 Å². The van der Waals surface area contributed by atoms with Gasteiger partial charge in [0.15, 0.2) is 11.5 Å². The van der Waals surface area contributed by atoms with E-state index in [0.717, 1.165) is 11.1 Å². The van der Waals surface area contributed by atoms with Crippen molar-refractivity contribution in [1.82, 2.24) is 5.32 Å². The first-order chi connectivity index (χ1) is 14.2. The first-order valence-electron chi connectivity index (χ1n) is 9.32. The Bertz CT molecular complexity index is 1020. The van der Waals surface area contributed by atoms with Crippen LogP contribution in [0.25, 0.3) is 11.1 Å². The number of ether oxygens (including phenoxy) is 2. The normalized spacial score (nSPS) is 11.7. The predicted molar refractivity (Wildman–Crippen MR) is 110 cm³/mol. The Hall–Kier alpha value is -3.80. The fraction of sp³-hybridized carbons (Fsp3) is 0.130. The highest BCUT2D eigenvalue weighted by atomic mass is 16.7. The van der Waals surface area contributed by atoms with Crippen molar-refractivity contribution in [3.05, 3.63) is 78.4 Å². The van der Waals surface area contributed by atoms with Gasteiger partial charge in [0.05, 0.1) is 0 Å². The summed E-state index contributed by atoms with van der Waals surface area (Å²) in [6.45, 7) is 0.431. The van der Waals surface area contributed by atoms with Gasteiger partial charge in [0.1, 0.15) is 0 Å². The number of nitrogens with one attached hydrogen (secondary N) is 2. The number of hydrogen-bond acceptors (Lipinski definition) is 4. The van der Waals surface area contributed by atoms with Crippen LogP contribution in [0.4, 0.5) is 5.69 Å². The van der Waals surface area contributed by atoms with Crippen LogP contribution in [0, 0.1) is 0 Å². The van der Waals surface area contributed by atoms with Gasteiger partial charge < -0.3 is 20.1 Å². The fourth-order valence-corrected chi connectivity index (χ4v) is 3.03. The number of carbonyl (C=O) groups excluding carboxylic acids is 2. The first-order valence-corrected chi connectivity index (χ1v) is 9.32. The van der Waals surface area contributed by atoms with E-state index in [4.69, 9.17) is 9.47 Å². The molecule has 0 fully saturated rings. The summed E-state index contributed by atoms with van der Waals surface area (Å²) in [4.78, 5) is 24.4. The van der Waals surface area contributed by atoms with Crippen molar-refractivity contribution in [3.63, 3.8) is 0 Å². The first kappa shape index (κ1) is 18.6. The lowest BCUT2D eigenvalue weighted by Crippen LogP contribution is -2.27. The van der Waals surface area contributed by atoms with E-state index in [-0.39, 0.29) is 31.6 Å². The molecule has 2 amide bonds. The van der Waals surface area contributed by atoms with E-state index in [0.29, 0.717) is 22.7 Å². The van der Waals surface area contributed by atoms with Crippen molar-refractivity contribution >= 4 is 17.5 Å². The largest absolute Gasteiger partial charge is 0.454 e. The van der Waals surface area contributed by atoms with Crippen LogP contribution < -0.4 is 20.1 Å². The Labute approximate surface area is 168 Å². The molecule has 3 aromatic carbocycles. The summed E-state index contributed by atoms with van der Waals surface area (Å²) in [5.74, 6) is 0.868. The van der Waals surface area contributed by atoms with Crippen LogP contribution in [0.1, 0.15) is 16.8 Å². The van der Waals surface area contributed by atoms with Crippen LogP contribution >= 0.6 is 0 Å². The molecule has 6 heteroatoms. The molecule has 3 aromatic rings. The zero-order valence-electron chi connectivity index (χ0n) is 15.7. The second kappa shape index (κ2) is 8.48. The Morgan fingerprint density at radius 3 is 2.34 bits per heavy atom. The van der Waals surface area contributed by atoms with E-state index >= 15 is 0 Å². The Morgan fingerprint density at radius 2 is 1.55 bits per heavy atom. The molecule has 0 spiro atoms. The minimum Gasteiger partial charge on any atom is -0.454 e. The van der Waals surface area contributed by atoms with Crippen molar-refractivity contribution in [1.29, 1.82) is 0 Å². The molecule has 0 unspecified atom stereocenters. The molecule has 0 aliphatic carbocycles. The van der Waals surface area contributed by atoms with Gasteiger partial charge in [-0.25, -0.2) is 0 Å². The van der Waals surface area contributed by atoms with Gasteiger partial charge in [-0.15, -0.1) is 0 Å². The number of benzene rings is 3. The monoisotopic (exact) mass is 388 g/mol. The van der Waals surface area contributed by atoms with Crippen LogP contribution in [-0.4, -0.2) is 25.2 Å². The van der Waals surface area contributed by atoms with Gasteiger partial charge in [0, 0.05) is 30.3 Å². The molecule has 1 aliphatic heterocycles. The third kappa shape index (κ3) is 4.55. The van der Waals surface area contributed by atoms with Gasteiger partial charge >= 0.3 is 0 Å². The molecule has 0 saturated carbocycles. The topological polar surface area (TPSA) is 76.7 Å². The van der Waals surface area contributed by atoms with Crippen molar-refractivity contribution in [2.24, 2.45) is 0 Å². The molecule has 0 bridgehead atoms. The van der Waals surface area contributed by atoms with Gasteiger partial charge in [-0.3, -0.25) is 9.59 Å². The lowest BCUT2D eigenvalue weighted by Gasteiger charge is -2.08. The highest BCUT2D eigenvalue weighted by Gasteiger charge is 2.14. The number of carbonyl (C=O) groups is 2. The van der Waals surface area contributed by atoms with Gasteiger partial charge in [-0.1, -0.05) is 42.5 Å². The molecule has 2 N–H and O–H groups in total. The maximum Gasteiger partial charge on any atom is 0.251 e. The summed E-state index contributed by atoms with van der Waals surface area (Å²) in [6.07, 6.45) is 0.169. The molecule has 6 nitrogen and oxygen atoms in total. The zero-order valence-corrected chi connectivity index (χ0v) is 15.7. The van der Waals surface area contributed by atoms with Crippen LogP contribution in [0.15, 0.2) is 72.8 Å². The lowest BCUT2D eigenvalue weighted by atomic mass is 10.0. The number of amides is 2. The average Bonchev–Trinajstić information content (AvgIpc) is 3.22. The fourth-order valence-electron chi connectivity index (χ4n) is 3.03. The molecule has 0 aromatic heterocycles. The van der Waals surface area contributed by atoms with E-state index in [1.54, 1.807) is 30.3 Å². The quantitative estimate of drug-likeness (QED) is 0.673. The Kier molecular flexibility index (Phi) is 5.42. The van der Waals surface area contributed by atoms with Crippen LogP contribution in [0.2, 0.25) is 0 Å². The predicted octanol–water partition coefficient (Wildman–Crippen LogP) is 3.84. The van der Waals surface area contributed by atoms with Crippen molar-refractivity contribution in [2.45, 2.75) is 6.42 Å². The molecule has 0 radical (unpaired) electrons. The number of rotatable bonds is 6. The molecular weight excluding hydrogens is 368 g/mol. The molecule has 0 atom stereocenters. The summed E-state index contributed by atoms with van der Waals surface area (Å²) >= 11 is 0. The second-order valence-electron chi connectivity index (χ2n) is 6.57. The average molecular weight is 388 g/mol. The maximum absolute atomic E-state index is 12.3. The lowest BCUT2D eigenvalue weighted by molar-refractivity contribution is -0.116.